The molecular formula is C10H12ClN3O. The van der Waals surface area contributed by atoms with Crippen LogP contribution in [0.4, 0.5) is 0 Å². The summed E-state index contributed by atoms with van der Waals surface area (Å²) in [7, 11) is 0. The van der Waals surface area contributed by atoms with Gasteiger partial charge in [0, 0.05) is 9.93 Å². The van der Waals surface area contributed by atoms with E-state index in [1.54, 1.807) is 6.07 Å². The van der Waals surface area contributed by atoms with Crippen molar-refractivity contribution in [2.45, 2.75) is 13.3 Å². The topological polar surface area (TPSA) is 58.0 Å². The fourth-order valence-corrected chi connectivity index (χ4v) is 1.41. The van der Waals surface area contributed by atoms with Gasteiger partial charge < -0.3 is 4.74 Å². The van der Waals surface area contributed by atoms with Gasteiger partial charge in [-0.2, -0.15) is 0 Å². The van der Waals surface area contributed by atoms with Gasteiger partial charge in [0.05, 0.1) is 13.2 Å². The highest BCUT2D eigenvalue weighted by atomic mass is 35.5. The van der Waals surface area contributed by atoms with Crippen molar-refractivity contribution in [1.82, 2.24) is 0 Å². The Hall–Kier alpha value is -1.38. The van der Waals surface area contributed by atoms with Crippen molar-refractivity contribution >= 4 is 11.6 Å². The molecule has 0 bridgehead atoms. The second-order valence-corrected chi connectivity index (χ2v) is 3.32. The summed E-state index contributed by atoms with van der Waals surface area (Å²) >= 11 is 5.96. The lowest BCUT2D eigenvalue weighted by atomic mass is 10.1. The molecule has 0 aliphatic rings. The Bertz CT molecular complexity index is 375. The van der Waals surface area contributed by atoms with Crippen LogP contribution in [0.1, 0.15) is 12.5 Å². The number of halogens is 1. The molecular weight excluding hydrogens is 214 g/mol. The molecule has 0 heterocycles. The van der Waals surface area contributed by atoms with E-state index in [0.717, 1.165) is 22.8 Å². The highest BCUT2D eigenvalue weighted by molar-refractivity contribution is 6.31. The zero-order chi connectivity index (χ0) is 11.1. The molecule has 1 aromatic rings. The van der Waals surface area contributed by atoms with Crippen molar-refractivity contribution in [2.24, 2.45) is 5.11 Å². The molecule has 0 amide bonds. The van der Waals surface area contributed by atoms with Crippen LogP contribution in [0, 0.1) is 0 Å². The third-order valence-corrected chi connectivity index (χ3v) is 2.29. The van der Waals surface area contributed by atoms with Gasteiger partial charge in [-0.25, -0.2) is 0 Å². The fourth-order valence-electron chi connectivity index (χ4n) is 1.16. The molecule has 5 heteroatoms. The molecule has 4 nitrogen and oxygen atoms in total. The van der Waals surface area contributed by atoms with Crippen LogP contribution < -0.4 is 4.74 Å². The molecule has 0 saturated heterocycles. The van der Waals surface area contributed by atoms with Gasteiger partial charge in [-0.15, -0.1) is 0 Å². The standard InChI is InChI=1S/C10H12ClN3O/c1-2-8-7-9(3-4-10(8)11)15-6-5-13-14-12/h3-4,7H,2,5-6H2,1H3. The lowest BCUT2D eigenvalue weighted by molar-refractivity contribution is 0.328. The van der Waals surface area contributed by atoms with Gasteiger partial charge in [0.15, 0.2) is 0 Å². The Labute approximate surface area is 93.4 Å². The number of nitrogens with zero attached hydrogens (tertiary/aromatic N) is 3. The smallest absolute Gasteiger partial charge is 0.119 e. The van der Waals surface area contributed by atoms with Gasteiger partial charge in [0.25, 0.3) is 0 Å². The minimum atomic E-state index is 0.334. The van der Waals surface area contributed by atoms with Crippen LogP contribution in [0.25, 0.3) is 10.4 Å². The van der Waals surface area contributed by atoms with Crippen molar-refractivity contribution in [3.63, 3.8) is 0 Å². The first-order chi connectivity index (χ1) is 7.27. The second-order valence-electron chi connectivity index (χ2n) is 2.91. The quantitative estimate of drug-likeness (QED) is 0.327. The van der Waals surface area contributed by atoms with Crippen LogP contribution in [0.15, 0.2) is 23.3 Å². The molecule has 0 aromatic heterocycles. The molecule has 0 spiro atoms. The minimum Gasteiger partial charge on any atom is -0.493 e. The largest absolute Gasteiger partial charge is 0.493 e. The predicted octanol–water partition coefficient (Wildman–Crippen LogP) is 3.59. The summed E-state index contributed by atoms with van der Waals surface area (Å²) in [5.74, 6) is 0.754. The van der Waals surface area contributed by atoms with E-state index in [-0.39, 0.29) is 0 Å². The first-order valence-corrected chi connectivity index (χ1v) is 5.07. The van der Waals surface area contributed by atoms with Gasteiger partial charge in [-0.3, -0.25) is 0 Å². The van der Waals surface area contributed by atoms with E-state index in [0.29, 0.717) is 13.2 Å². The molecule has 0 saturated carbocycles. The molecule has 0 radical (unpaired) electrons. The molecule has 80 valence electrons. The molecule has 0 N–H and O–H groups in total. The van der Waals surface area contributed by atoms with Gasteiger partial charge in [0.1, 0.15) is 5.75 Å². The number of aryl methyl sites for hydroxylation is 1. The summed E-state index contributed by atoms with van der Waals surface area (Å²) in [5, 5.41) is 4.13. The molecule has 15 heavy (non-hydrogen) atoms. The molecule has 1 rings (SSSR count). The van der Waals surface area contributed by atoms with Gasteiger partial charge in [-0.1, -0.05) is 23.6 Å². The molecule has 0 unspecified atom stereocenters. The summed E-state index contributed by atoms with van der Waals surface area (Å²) in [5.41, 5.74) is 9.12. The number of azide groups is 1. The number of benzene rings is 1. The van der Waals surface area contributed by atoms with E-state index in [1.807, 2.05) is 19.1 Å². The number of hydrogen-bond donors (Lipinski definition) is 0. The minimum absolute atomic E-state index is 0.334. The van der Waals surface area contributed by atoms with Crippen LogP contribution in [-0.4, -0.2) is 13.2 Å². The average Bonchev–Trinajstić information content (AvgIpc) is 2.26. The Morgan fingerprint density at radius 3 is 3.00 bits per heavy atom. The molecule has 1 aromatic carbocycles. The van der Waals surface area contributed by atoms with E-state index >= 15 is 0 Å². The first-order valence-electron chi connectivity index (χ1n) is 4.70. The number of rotatable bonds is 5. The molecule has 0 fully saturated rings. The van der Waals surface area contributed by atoms with E-state index in [2.05, 4.69) is 10.0 Å². The maximum absolute atomic E-state index is 8.07. The summed E-state index contributed by atoms with van der Waals surface area (Å²) in [6, 6.07) is 5.51. The Morgan fingerprint density at radius 2 is 2.33 bits per heavy atom. The van der Waals surface area contributed by atoms with Gasteiger partial charge in [-0.05, 0) is 35.7 Å². The van der Waals surface area contributed by atoms with E-state index in [1.165, 1.54) is 0 Å². The van der Waals surface area contributed by atoms with Crippen LogP contribution in [0.3, 0.4) is 0 Å². The lowest BCUT2D eigenvalue weighted by Gasteiger charge is -2.07. The van der Waals surface area contributed by atoms with Crippen molar-refractivity contribution in [2.75, 3.05) is 13.2 Å². The number of ether oxygens (including phenoxy) is 1. The Morgan fingerprint density at radius 1 is 1.53 bits per heavy atom. The zero-order valence-electron chi connectivity index (χ0n) is 8.48. The summed E-state index contributed by atoms with van der Waals surface area (Å²) < 4.78 is 5.38. The maximum atomic E-state index is 8.07. The highest BCUT2D eigenvalue weighted by Crippen LogP contribution is 2.22. The lowest BCUT2D eigenvalue weighted by Crippen LogP contribution is -2.00. The van der Waals surface area contributed by atoms with Crippen LogP contribution >= 0.6 is 11.6 Å². The van der Waals surface area contributed by atoms with Crippen molar-refractivity contribution in [3.05, 3.63) is 39.2 Å². The highest BCUT2D eigenvalue weighted by Gasteiger charge is 2.00. The maximum Gasteiger partial charge on any atom is 0.119 e. The van der Waals surface area contributed by atoms with Crippen LogP contribution in [0.2, 0.25) is 5.02 Å². The fraction of sp³-hybridized carbons (Fsp3) is 0.400. The third kappa shape index (κ3) is 3.70. The zero-order valence-corrected chi connectivity index (χ0v) is 9.24. The SMILES string of the molecule is CCc1cc(OCCN=[N+]=[N-])ccc1Cl. The summed E-state index contributed by atoms with van der Waals surface area (Å²) in [6.45, 7) is 2.75. The third-order valence-electron chi connectivity index (χ3n) is 1.92. The Balaban J connectivity index is 2.58. The monoisotopic (exact) mass is 225 g/mol. The predicted molar refractivity (Wildman–Crippen MR) is 60.3 cm³/mol. The number of hydrogen-bond acceptors (Lipinski definition) is 2. The van der Waals surface area contributed by atoms with E-state index in [9.17, 15) is 0 Å². The Kier molecular flexibility index (Phi) is 4.81. The van der Waals surface area contributed by atoms with Gasteiger partial charge >= 0.3 is 0 Å². The van der Waals surface area contributed by atoms with Crippen LogP contribution in [0.5, 0.6) is 5.75 Å². The average molecular weight is 226 g/mol. The summed E-state index contributed by atoms with van der Waals surface area (Å²) in [6.07, 6.45) is 0.867. The second kappa shape index (κ2) is 6.17. The molecule has 0 aliphatic carbocycles. The van der Waals surface area contributed by atoms with Crippen molar-refractivity contribution < 1.29 is 4.74 Å². The van der Waals surface area contributed by atoms with Crippen LogP contribution in [-0.2, 0) is 6.42 Å². The van der Waals surface area contributed by atoms with Gasteiger partial charge in [0.2, 0.25) is 0 Å². The van der Waals surface area contributed by atoms with Crippen molar-refractivity contribution in [1.29, 1.82) is 0 Å². The normalized spacial score (nSPS) is 9.47. The van der Waals surface area contributed by atoms with E-state index < -0.39 is 0 Å². The summed E-state index contributed by atoms with van der Waals surface area (Å²) in [4.78, 5) is 2.64. The van der Waals surface area contributed by atoms with E-state index in [4.69, 9.17) is 21.9 Å². The van der Waals surface area contributed by atoms with Crippen molar-refractivity contribution in [3.8, 4) is 5.75 Å². The first kappa shape index (κ1) is 11.7. The molecule has 0 aliphatic heterocycles. The molecule has 0 atom stereocenters.